The van der Waals surface area contributed by atoms with Gasteiger partial charge in [-0.25, -0.2) is 0 Å². The molecule has 0 aromatic carbocycles. The van der Waals surface area contributed by atoms with Crippen molar-refractivity contribution in [3.63, 3.8) is 0 Å². The number of pyridine rings is 2. The molecule has 82 valence electrons. The van der Waals surface area contributed by atoms with Crippen LogP contribution in [0.25, 0.3) is 10.9 Å². The summed E-state index contributed by atoms with van der Waals surface area (Å²) in [5, 5.41) is 4.67. The second-order valence-electron chi connectivity index (χ2n) is 4.34. The van der Waals surface area contributed by atoms with Gasteiger partial charge in [0, 0.05) is 30.0 Å². The molecule has 3 heterocycles. The Kier molecular flexibility index (Phi) is 2.54. The monoisotopic (exact) mass is 213 g/mol. The predicted octanol–water partition coefficient (Wildman–Crippen LogP) is 2.44. The molecule has 1 unspecified atom stereocenters. The van der Waals surface area contributed by atoms with E-state index in [1.807, 2.05) is 18.5 Å². The highest BCUT2D eigenvalue weighted by atomic mass is 14.9. The van der Waals surface area contributed by atoms with Gasteiger partial charge >= 0.3 is 0 Å². The van der Waals surface area contributed by atoms with Crippen LogP contribution < -0.4 is 5.32 Å². The van der Waals surface area contributed by atoms with Gasteiger partial charge in [0.25, 0.3) is 0 Å². The van der Waals surface area contributed by atoms with Crippen molar-refractivity contribution < 1.29 is 0 Å². The molecule has 0 saturated carbocycles. The predicted molar refractivity (Wildman–Crippen MR) is 64.1 cm³/mol. The Balaban J connectivity index is 1.97. The number of piperidine rings is 1. The number of hydrogen-bond donors (Lipinski definition) is 1. The Hall–Kier alpha value is -1.48. The lowest BCUT2D eigenvalue weighted by atomic mass is 9.98. The van der Waals surface area contributed by atoms with E-state index in [-0.39, 0.29) is 0 Å². The van der Waals surface area contributed by atoms with Crippen LogP contribution in [0.4, 0.5) is 0 Å². The average molecular weight is 213 g/mol. The number of aromatic nitrogens is 2. The van der Waals surface area contributed by atoms with Crippen molar-refractivity contribution in [1.29, 1.82) is 0 Å². The standard InChI is InChI=1S/C13H15N3/c1-2-5-15-12(3-1)11-7-10-8-14-6-4-13(10)16-9-11/h4,6-9,12,15H,1-3,5H2. The van der Waals surface area contributed by atoms with Gasteiger partial charge in [-0.1, -0.05) is 6.42 Å². The Bertz CT molecular complexity index is 489. The zero-order valence-electron chi connectivity index (χ0n) is 9.19. The van der Waals surface area contributed by atoms with Crippen LogP contribution in [0.1, 0.15) is 30.9 Å². The third kappa shape index (κ3) is 1.78. The first-order valence-corrected chi connectivity index (χ1v) is 5.86. The van der Waals surface area contributed by atoms with Gasteiger partial charge in [-0.3, -0.25) is 9.97 Å². The van der Waals surface area contributed by atoms with Gasteiger partial charge in [0.2, 0.25) is 0 Å². The lowest BCUT2D eigenvalue weighted by Crippen LogP contribution is -2.26. The van der Waals surface area contributed by atoms with Gasteiger partial charge in [0.1, 0.15) is 0 Å². The van der Waals surface area contributed by atoms with Gasteiger partial charge in [0.05, 0.1) is 5.52 Å². The van der Waals surface area contributed by atoms with Crippen LogP contribution in [0, 0.1) is 0 Å². The van der Waals surface area contributed by atoms with E-state index in [4.69, 9.17) is 0 Å². The molecule has 0 bridgehead atoms. The van der Waals surface area contributed by atoms with E-state index in [1.54, 1.807) is 6.20 Å². The van der Waals surface area contributed by atoms with E-state index < -0.39 is 0 Å². The van der Waals surface area contributed by atoms with Gasteiger partial charge in [-0.2, -0.15) is 0 Å². The smallest absolute Gasteiger partial charge is 0.0732 e. The van der Waals surface area contributed by atoms with Crippen LogP contribution >= 0.6 is 0 Å². The van der Waals surface area contributed by atoms with Crippen LogP contribution in [0.5, 0.6) is 0 Å². The molecule has 1 atom stereocenters. The van der Waals surface area contributed by atoms with Crippen LogP contribution in [-0.4, -0.2) is 16.5 Å². The summed E-state index contributed by atoms with van der Waals surface area (Å²) < 4.78 is 0. The summed E-state index contributed by atoms with van der Waals surface area (Å²) in [7, 11) is 0. The third-order valence-electron chi connectivity index (χ3n) is 3.22. The molecule has 0 aliphatic carbocycles. The summed E-state index contributed by atoms with van der Waals surface area (Å²) >= 11 is 0. The fraction of sp³-hybridized carbons (Fsp3) is 0.385. The lowest BCUT2D eigenvalue weighted by Gasteiger charge is -2.23. The van der Waals surface area contributed by atoms with Crippen LogP contribution in [0.3, 0.4) is 0 Å². The van der Waals surface area contributed by atoms with E-state index in [1.165, 1.54) is 24.8 Å². The Morgan fingerprint density at radius 2 is 2.25 bits per heavy atom. The minimum Gasteiger partial charge on any atom is -0.310 e. The summed E-state index contributed by atoms with van der Waals surface area (Å²) in [6.07, 6.45) is 9.48. The number of hydrogen-bond acceptors (Lipinski definition) is 3. The quantitative estimate of drug-likeness (QED) is 0.790. The number of fused-ring (bicyclic) bond motifs is 1. The fourth-order valence-corrected chi connectivity index (χ4v) is 2.32. The van der Waals surface area contributed by atoms with E-state index in [0.29, 0.717) is 6.04 Å². The Morgan fingerprint density at radius 1 is 1.25 bits per heavy atom. The van der Waals surface area contributed by atoms with Crippen molar-refractivity contribution in [1.82, 2.24) is 15.3 Å². The summed E-state index contributed by atoms with van der Waals surface area (Å²) in [5.41, 5.74) is 2.31. The minimum atomic E-state index is 0.478. The van der Waals surface area contributed by atoms with Gasteiger partial charge < -0.3 is 5.32 Å². The van der Waals surface area contributed by atoms with Crippen molar-refractivity contribution in [2.24, 2.45) is 0 Å². The maximum atomic E-state index is 4.48. The zero-order valence-corrected chi connectivity index (χ0v) is 9.19. The van der Waals surface area contributed by atoms with Crippen LogP contribution in [0.15, 0.2) is 30.7 Å². The normalized spacial score (nSPS) is 21.1. The molecule has 3 rings (SSSR count). The largest absolute Gasteiger partial charge is 0.310 e. The highest BCUT2D eigenvalue weighted by molar-refractivity contribution is 5.77. The first-order chi connectivity index (χ1) is 7.93. The first kappa shape index (κ1) is 9.73. The van der Waals surface area contributed by atoms with Crippen molar-refractivity contribution in [3.05, 3.63) is 36.3 Å². The molecule has 2 aromatic rings. The summed E-state index contributed by atoms with van der Waals surface area (Å²) in [5.74, 6) is 0. The van der Waals surface area contributed by atoms with Gasteiger partial charge in [-0.15, -0.1) is 0 Å². The average Bonchev–Trinajstić information content (AvgIpc) is 2.39. The van der Waals surface area contributed by atoms with Crippen molar-refractivity contribution in [3.8, 4) is 0 Å². The van der Waals surface area contributed by atoms with E-state index in [0.717, 1.165) is 17.4 Å². The highest BCUT2D eigenvalue weighted by Gasteiger charge is 2.14. The van der Waals surface area contributed by atoms with E-state index in [2.05, 4.69) is 21.4 Å². The summed E-state index contributed by atoms with van der Waals surface area (Å²) in [6.45, 7) is 1.12. The Labute approximate surface area is 94.9 Å². The Morgan fingerprint density at radius 3 is 3.12 bits per heavy atom. The van der Waals surface area contributed by atoms with Crippen LogP contribution in [0.2, 0.25) is 0 Å². The molecule has 3 heteroatoms. The highest BCUT2D eigenvalue weighted by Crippen LogP contribution is 2.24. The number of rotatable bonds is 1. The fourth-order valence-electron chi connectivity index (χ4n) is 2.32. The van der Waals surface area contributed by atoms with Gasteiger partial charge in [-0.05, 0) is 37.1 Å². The molecule has 0 radical (unpaired) electrons. The summed E-state index contributed by atoms with van der Waals surface area (Å²) in [6, 6.07) is 4.64. The van der Waals surface area contributed by atoms with E-state index in [9.17, 15) is 0 Å². The molecular weight excluding hydrogens is 198 g/mol. The first-order valence-electron chi connectivity index (χ1n) is 5.86. The molecule has 0 amide bonds. The van der Waals surface area contributed by atoms with Crippen molar-refractivity contribution >= 4 is 10.9 Å². The number of nitrogens with one attached hydrogen (secondary N) is 1. The molecule has 1 aliphatic heterocycles. The molecule has 3 nitrogen and oxygen atoms in total. The molecule has 1 fully saturated rings. The zero-order chi connectivity index (χ0) is 10.8. The van der Waals surface area contributed by atoms with Crippen molar-refractivity contribution in [2.75, 3.05) is 6.54 Å². The molecule has 2 aromatic heterocycles. The molecule has 1 aliphatic rings. The second-order valence-corrected chi connectivity index (χ2v) is 4.34. The molecule has 1 saturated heterocycles. The molecule has 0 spiro atoms. The minimum absolute atomic E-state index is 0.478. The maximum absolute atomic E-state index is 4.48. The molecule has 16 heavy (non-hydrogen) atoms. The summed E-state index contributed by atoms with van der Waals surface area (Å²) in [4.78, 5) is 8.62. The van der Waals surface area contributed by atoms with Crippen molar-refractivity contribution in [2.45, 2.75) is 25.3 Å². The molecule has 1 N–H and O–H groups in total. The van der Waals surface area contributed by atoms with E-state index >= 15 is 0 Å². The van der Waals surface area contributed by atoms with Crippen LogP contribution in [-0.2, 0) is 0 Å². The van der Waals surface area contributed by atoms with Gasteiger partial charge in [0.15, 0.2) is 0 Å². The number of nitrogens with zero attached hydrogens (tertiary/aromatic N) is 2. The second kappa shape index (κ2) is 4.18. The lowest BCUT2D eigenvalue weighted by molar-refractivity contribution is 0.412. The molecular formula is C13H15N3. The topological polar surface area (TPSA) is 37.8 Å². The maximum Gasteiger partial charge on any atom is 0.0732 e. The SMILES string of the molecule is c1cc2ncc(C3CCCCN3)cc2cn1. The third-order valence-corrected chi connectivity index (χ3v) is 3.22.